The van der Waals surface area contributed by atoms with Gasteiger partial charge in [0.25, 0.3) is 0 Å². The van der Waals surface area contributed by atoms with Crippen molar-refractivity contribution in [3.8, 4) is 22.9 Å². The lowest BCUT2D eigenvalue weighted by molar-refractivity contribution is 1.01. The van der Waals surface area contributed by atoms with E-state index < -0.39 is 0 Å². The van der Waals surface area contributed by atoms with Crippen LogP contribution in [0.3, 0.4) is 0 Å². The van der Waals surface area contributed by atoms with Crippen molar-refractivity contribution in [1.82, 2.24) is 19.1 Å². The average molecular weight is 661 g/mol. The van der Waals surface area contributed by atoms with Crippen LogP contribution in [0.25, 0.3) is 110 Å². The number of fused-ring (bicyclic) bond motifs is 8. The van der Waals surface area contributed by atoms with E-state index in [0.717, 1.165) is 38.9 Å². The molecule has 0 aliphatic rings. The molecule has 12 rings (SSSR count). The molecule has 0 amide bonds. The minimum absolute atomic E-state index is 0.666. The van der Waals surface area contributed by atoms with E-state index in [9.17, 15) is 0 Å². The Hall–Kier alpha value is -7.04. The number of hydrogen-bond acceptors (Lipinski definition) is 2. The minimum Gasteiger partial charge on any atom is -0.309 e. The first kappa shape index (κ1) is 27.7. The molecule has 0 unspecified atom stereocenters. The number of nitrogens with zero attached hydrogens (tertiary/aromatic N) is 4. The molecule has 52 heavy (non-hydrogen) atoms. The van der Waals surface area contributed by atoms with Crippen molar-refractivity contribution < 1.29 is 0 Å². The Morgan fingerprint density at radius 3 is 1.87 bits per heavy atom. The Morgan fingerprint density at radius 2 is 1.02 bits per heavy atom. The van der Waals surface area contributed by atoms with E-state index >= 15 is 0 Å². The van der Waals surface area contributed by atoms with E-state index in [1.807, 2.05) is 0 Å². The number of para-hydroxylation sites is 4. The molecule has 0 bridgehead atoms. The minimum atomic E-state index is 0.666. The fraction of sp³-hybridized carbons (Fsp3) is 0. The van der Waals surface area contributed by atoms with Gasteiger partial charge in [0.1, 0.15) is 0 Å². The molecular formula is C48H28N4. The Kier molecular flexibility index (Phi) is 5.47. The molecule has 3 aromatic heterocycles. The molecule has 4 nitrogen and oxygen atoms in total. The van der Waals surface area contributed by atoms with Crippen LogP contribution in [0.2, 0.25) is 0 Å². The van der Waals surface area contributed by atoms with E-state index in [2.05, 4.69) is 179 Å². The zero-order valence-electron chi connectivity index (χ0n) is 28.0. The van der Waals surface area contributed by atoms with Crippen molar-refractivity contribution in [1.29, 1.82) is 0 Å². The molecule has 0 N–H and O–H groups in total. The zero-order valence-corrected chi connectivity index (χ0v) is 28.0. The lowest BCUT2D eigenvalue weighted by Crippen LogP contribution is -2.03. The van der Waals surface area contributed by atoms with Gasteiger partial charge in [-0.1, -0.05) is 121 Å². The van der Waals surface area contributed by atoms with E-state index in [1.54, 1.807) is 0 Å². The summed E-state index contributed by atoms with van der Waals surface area (Å²) in [5.74, 6) is 0.666. The van der Waals surface area contributed by atoms with Crippen molar-refractivity contribution in [2.24, 2.45) is 0 Å². The van der Waals surface area contributed by atoms with Crippen LogP contribution < -0.4 is 0 Å². The Labute approximate surface area is 297 Å². The van der Waals surface area contributed by atoms with Gasteiger partial charge in [0, 0.05) is 38.2 Å². The molecule has 0 aliphatic heterocycles. The summed E-state index contributed by atoms with van der Waals surface area (Å²) in [7, 11) is 0. The molecule has 0 fully saturated rings. The molecule has 0 radical (unpaired) electrons. The zero-order chi connectivity index (χ0) is 33.9. The first-order chi connectivity index (χ1) is 25.8. The number of aromatic nitrogens is 4. The quantitative estimate of drug-likeness (QED) is 0.177. The Morgan fingerprint density at radius 1 is 0.346 bits per heavy atom. The van der Waals surface area contributed by atoms with Crippen LogP contribution in [0.1, 0.15) is 0 Å². The third-order valence-corrected chi connectivity index (χ3v) is 11.0. The third kappa shape index (κ3) is 3.70. The highest BCUT2D eigenvalue weighted by Gasteiger charge is 2.21. The second-order valence-corrected chi connectivity index (χ2v) is 13.8. The number of hydrogen-bond donors (Lipinski definition) is 0. The maximum absolute atomic E-state index is 5.49. The van der Waals surface area contributed by atoms with Crippen LogP contribution in [-0.2, 0) is 0 Å². The molecule has 0 spiro atoms. The highest BCUT2D eigenvalue weighted by Crippen LogP contribution is 2.43. The van der Waals surface area contributed by atoms with Crippen molar-refractivity contribution in [3.05, 3.63) is 170 Å². The molecule has 240 valence electrons. The lowest BCUT2D eigenvalue weighted by Gasteiger charge is -2.14. The van der Waals surface area contributed by atoms with Gasteiger partial charge in [-0.2, -0.15) is 0 Å². The summed E-state index contributed by atoms with van der Waals surface area (Å²) in [6.07, 6.45) is 0. The van der Waals surface area contributed by atoms with Crippen molar-refractivity contribution >= 4 is 86.8 Å². The van der Waals surface area contributed by atoms with E-state index in [0.29, 0.717) is 5.95 Å². The van der Waals surface area contributed by atoms with Gasteiger partial charge in [-0.15, -0.1) is 0 Å². The fourth-order valence-electron chi connectivity index (χ4n) is 8.84. The highest BCUT2D eigenvalue weighted by atomic mass is 15.2. The van der Waals surface area contributed by atoms with Gasteiger partial charge in [-0.05, 0) is 80.8 Å². The first-order valence-corrected chi connectivity index (χ1v) is 17.8. The molecule has 12 aromatic rings. The maximum atomic E-state index is 5.49. The van der Waals surface area contributed by atoms with Crippen molar-refractivity contribution in [2.45, 2.75) is 0 Å². The summed E-state index contributed by atoms with van der Waals surface area (Å²) in [5, 5.41) is 13.5. The van der Waals surface area contributed by atoms with Crippen LogP contribution >= 0.6 is 0 Å². The van der Waals surface area contributed by atoms with Crippen LogP contribution in [0.15, 0.2) is 170 Å². The lowest BCUT2D eigenvalue weighted by atomic mass is 9.92. The predicted octanol–water partition coefficient (Wildman–Crippen LogP) is 12.4. The van der Waals surface area contributed by atoms with Crippen LogP contribution in [-0.4, -0.2) is 19.1 Å². The Bertz CT molecular complexity index is 3390. The van der Waals surface area contributed by atoms with Gasteiger partial charge in [-0.3, -0.25) is 4.57 Å². The normalized spacial score (nSPS) is 12.2. The summed E-state index contributed by atoms with van der Waals surface area (Å²) >= 11 is 0. The molecule has 3 heterocycles. The van der Waals surface area contributed by atoms with Crippen LogP contribution in [0.4, 0.5) is 0 Å². The topological polar surface area (TPSA) is 35.6 Å². The predicted molar refractivity (Wildman–Crippen MR) is 217 cm³/mol. The van der Waals surface area contributed by atoms with Crippen molar-refractivity contribution in [3.63, 3.8) is 0 Å². The Balaban J connectivity index is 1.16. The van der Waals surface area contributed by atoms with Gasteiger partial charge >= 0.3 is 0 Å². The van der Waals surface area contributed by atoms with Gasteiger partial charge in [0.05, 0.1) is 33.3 Å². The van der Waals surface area contributed by atoms with E-state index in [-0.39, 0.29) is 0 Å². The van der Waals surface area contributed by atoms with Crippen LogP contribution in [0.5, 0.6) is 0 Å². The SMILES string of the molecule is c1ccc(-n2c3ccccc3c3cc(-c4nc(-n5c6ccccc6c6c7ccc8cccc9ccc(cc65)c7c98)nc5ccccc45)ccc32)cc1. The molecule has 9 aromatic carbocycles. The molecular weight excluding hydrogens is 633 g/mol. The standard InChI is InChI=1S/C48H28N4/c1-2-13-33(14-3-1)51-40-19-8-5-15-34(40)38-27-32(24-26-42(38)51)47-35-16-4-7-18-39(35)49-48(50-47)52-41-20-9-6-17-36(41)46-37-25-23-30-12-10-11-29-21-22-31(28-43(46)52)45(37)44(29)30/h1-28H. The second kappa shape index (κ2) is 10.3. The molecule has 0 aliphatic carbocycles. The monoisotopic (exact) mass is 660 g/mol. The maximum Gasteiger partial charge on any atom is 0.235 e. The summed E-state index contributed by atoms with van der Waals surface area (Å²) in [5.41, 5.74) is 8.59. The summed E-state index contributed by atoms with van der Waals surface area (Å²) in [6.45, 7) is 0. The number of rotatable bonds is 3. The molecule has 4 heteroatoms. The number of benzene rings is 9. The second-order valence-electron chi connectivity index (χ2n) is 13.8. The van der Waals surface area contributed by atoms with Gasteiger partial charge in [0.2, 0.25) is 5.95 Å². The first-order valence-electron chi connectivity index (χ1n) is 17.8. The fourth-order valence-corrected chi connectivity index (χ4v) is 8.84. The van der Waals surface area contributed by atoms with Crippen molar-refractivity contribution in [2.75, 3.05) is 0 Å². The summed E-state index contributed by atoms with van der Waals surface area (Å²) in [6, 6.07) is 61.1. The van der Waals surface area contributed by atoms with Gasteiger partial charge in [-0.25, -0.2) is 9.97 Å². The molecule has 0 atom stereocenters. The van der Waals surface area contributed by atoms with Gasteiger partial charge in [0.15, 0.2) is 0 Å². The smallest absolute Gasteiger partial charge is 0.235 e. The van der Waals surface area contributed by atoms with E-state index in [1.165, 1.54) is 64.9 Å². The van der Waals surface area contributed by atoms with E-state index in [4.69, 9.17) is 9.97 Å². The molecule has 0 saturated carbocycles. The largest absolute Gasteiger partial charge is 0.309 e. The molecule has 0 saturated heterocycles. The summed E-state index contributed by atoms with van der Waals surface area (Å²) in [4.78, 5) is 10.8. The summed E-state index contributed by atoms with van der Waals surface area (Å²) < 4.78 is 4.63. The van der Waals surface area contributed by atoms with Gasteiger partial charge < -0.3 is 4.57 Å². The third-order valence-electron chi connectivity index (χ3n) is 11.0. The van der Waals surface area contributed by atoms with Crippen LogP contribution in [0, 0.1) is 0 Å². The average Bonchev–Trinajstić information content (AvgIpc) is 3.72. The highest BCUT2D eigenvalue weighted by molar-refractivity contribution is 6.33.